The van der Waals surface area contributed by atoms with Gasteiger partial charge in [0.15, 0.2) is 16.6 Å². The average Bonchev–Trinajstić information content (AvgIpc) is 3.22. The van der Waals surface area contributed by atoms with Crippen LogP contribution in [0.4, 0.5) is 5.13 Å². The van der Waals surface area contributed by atoms with Crippen LogP contribution in [0.25, 0.3) is 10.2 Å². The number of rotatable bonds is 2. The molecule has 1 fully saturated rings. The largest absolute Gasteiger partial charge is 0.482 e. The molecule has 1 saturated heterocycles. The van der Waals surface area contributed by atoms with Crippen molar-refractivity contribution in [3.8, 4) is 11.5 Å². The topological polar surface area (TPSA) is 54.9 Å². The number of carbonyl (C=O) groups is 1. The van der Waals surface area contributed by atoms with Crippen LogP contribution in [-0.4, -0.2) is 54.2 Å². The van der Waals surface area contributed by atoms with Crippen LogP contribution in [0.5, 0.6) is 11.5 Å². The number of nitrogens with zero attached hydrogens (tertiary/aromatic N) is 3. The third-order valence-corrected chi connectivity index (χ3v) is 7.21. The van der Waals surface area contributed by atoms with E-state index in [0.717, 1.165) is 39.0 Å². The fourth-order valence-corrected chi connectivity index (χ4v) is 5.28. The van der Waals surface area contributed by atoms with Crippen LogP contribution in [0, 0.1) is 6.92 Å². The minimum atomic E-state index is -0.629. The number of carbonyl (C=O) groups excluding carboxylic acids is 1. The highest BCUT2D eigenvalue weighted by Crippen LogP contribution is 2.36. The Labute approximate surface area is 184 Å². The summed E-state index contributed by atoms with van der Waals surface area (Å²) in [6.07, 6.45) is -0.963. The maximum absolute atomic E-state index is 13.1. The average molecular weight is 444 g/mol. The van der Waals surface area contributed by atoms with Gasteiger partial charge in [0.1, 0.15) is 6.10 Å². The lowest BCUT2D eigenvalue weighted by Crippen LogP contribution is -2.56. The summed E-state index contributed by atoms with van der Waals surface area (Å²) < 4.78 is 12.9. The van der Waals surface area contributed by atoms with Crippen LogP contribution in [0.2, 0.25) is 5.02 Å². The summed E-state index contributed by atoms with van der Waals surface area (Å²) in [6.45, 7) is 6.61. The molecule has 2 unspecified atom stereocenters. The van der Waals surface area contributed by atoms with Crippen molar-refractivity contribution >= 4 is 44.2 Å². The van der Waals surface area contributed by atoms with Gasteiger partial charge >= 0.3 is 0 Å². The quantitative estimate of drug-likeness (QED) is 0.596. The highest BCUT2D eigenvalue weighted by molar-refractivity contribution is 7.22. The van der Waals surface area contributed by atoms with Gasteiger partial charge in [0.25, 0.3) is 5.91 Å². The standard InChI is InChI=1S/C22H22ClN3O3S/c1-13-7-8-15(23)20-18(13)24-22(30-20)26-11-9-25(10-12-26)21(27)19-14(2)28-16-5-3-4-6-17(16)29-19/h3-8,14,19H,9-12H2,1-2H3. The van der Waals surface area contributed by atoms with Gasteiger partial charge < -0.3 is 19.3 Å². The number of amides is 1. The molecule has 2 aliphatic heterocycles. The van der Waals surface area contributed by atoms with Crippen molar-refractivity contribution in [3.05, 3.63) is 47.0 Å². The number of fused-ring (bicyclic) bond motifs is 2. The Morgan fingerprint density at radius 2 is 1.80 bits per heavy atom. The van der Waals surface area contributed by atoms with Crippen molar-refractivity contribution in [1.82, 2.24) is 9.88 Å². The Kier molecular flexibility index (Phi) is 4.95. The molecule has 0 N–H and O–H groups in total. The lowest BCUT2D eigenvalue weighted by molar-refractivity contribution is -0.144. The Morgan fingerprint density at radius 3 is 2.50 bits per heavy atom. The molecule has 0 saturated carbocycles. The predicted molar refractivity (Wildman–Crippen MR) is 119 cm³/mol. The third-order valence-electron chi connectivity index (χ3n) is 5.63. The van der Waals surface area contributed by atoms with E-state index in [1.165, 1.54) is 0 Å². The summed E-state index contributed by atoms with van der Waals surface area (Å²) >= 11 is 7.96. The van der Waals surface area contributed by atoms with E-state index in [1.54, 1.807) is 11.3 Å². The number of aromatic nitrogens is 1. The normalized spacial score (nSPS) is 21.2. The molecule has 5 rings (SSSR count). The second kappa shape index (κ2) is 7.63. The van der Waals surface area contributed by atoms with Crippen LogP contribution >= 0.6 is 22.9 Å². The smallest absolute Gasteiger partial charge is 0.267 e. The molecule has 156 valence electrons. The highest BCUT2D eigenvalue weighted by atomic mass is 35.5. The van der Waals surface area contributed by atoms with Crippen molar-refractivity contribution in [2.45, 2.75) is 26.1 Å². The van der Waals surface area contributed by atoms with Crippen molar-refractivity contribution in [2.24, 2.45) is 0 Å². The Balaban J connectivity index is 1.28. The van der Waals surface area contributed by atoms with Crippen LogP contribution in [0.1, 0.15) is 12.5 Å². The maximum atomic E-state index is 13.1. The number of halogens is 1. The first-order valence-electron chi connectivity index (χ1n) is 10.0. The zero-order valence-electron chi connectivity index (χ0n) is 16.8. The number of piperazine rings is 1. The van der Waals surface area contributed by atoms with Gasteiger partial charge in [-0.2, -0.15) is 0 Å². The van der Waals surface area contributed by atoms with E-state index < -0.39 is 6.10 Å². The fourth-order valence-electron chi connectivity index (χ4n) is 3.91. The number of hydrogen-bond donors (Lipinski definition) is 0. The number of thiazole rings is 1. The van der Waals surface area contributed by atoms with E-state index in [1.807, 2.05) is 55.1 Å². The second-order valence-corrected chi connectivity index (χ2v) is 9.04. The summed E-state index contributed by atoms with van der Waals surface area (Å²) in [5, 5.41) is 1.68. The van der Waals surface area contributed by atoms with Gasteiger partial charge in [-0.3, -0.25) is 4.79 Å². The molecule has 2 aliphatic rings. The van der Waals surface area contributed by atoms with Crippen LogP contribution in [0.3, 0.4) is 0 Å². The van der Waals surface area contributed by atoms with Gasteiger partial charge in [0.05, 0.1) is 15.2 Å². The summed E-state index contributed by atoms with van der Waals surface area (Å²) in [7, 11) is 0. The van der Waals surface area contributed by atoms with Crippen molar-refractivity contribution < 1.29 is 14.3 Å². The van der Waals surface area contributed by atoms with Gasteiger partial charge in [-0.15, -0.1) is 0 Å². The van der Waals surface area contributed by atoms with E-state index in [9.17, 15) is 4.79 Å². The predicted octanol–water partition coefficient (Wildman–Crippen LogP) is 4.14. The van der Waals surface area contributed by atoms with Gasteiger partial charge in [-0.25, -0.2) is 4.98 Å². The van der Waals surface area contributed by atoms with Gasteiger partial charge in [-0.05, 0) is 37.6 Å². The molecule has 3 aromatic rings. The van der Waals surface area contributed by atoms with E-state index in [0.29, 0.717) is 24.6 Å². The van der Waals surface area contributed by atoms with Crippen LogP contribution < -0.4 is 14.4 Å². The van der Waals surface area contributed by atoms with E-state index >= 15 is 0 Å². The lowest BCUT2D eigenvalue weighted by atomic mass is 10.1. The Bertz CT molecular complexity index is 1070. The van der Waals surface area contributed by atoms with Crippen molar-refractivity contribution in [2.75, 3.05) is 31.1 Å². The number of aryl methyl sites for hydroxylation is 1. The molecule has 0 aliphatic carbocycles. The number of anilines is 1. The summed E-state index contributed by atoms with van der Waals surface area (Å²) in [5.41, 5.74) is 2.08. The van der Waals surface area contributed by atoms with Crippen LogP contribution in [0.15, 0.2) is 36.4 Å². The van der Waals surface area contributed by atoms with Gasteiger partial charge in [0.2, 0.25) is 6.10 Å². The molecule has 6 nitrogen and oxygen atoms in total. The monoisotopic (exact) mass is 443 g/mol. The molecule has 0 radical (unpaired) electrons. The zero-order valence-corrected chi connectivity index (χ0v) is 18.4. The fraction of sp³-hybridized carbons (Fsp3) is 0.364. The molecule has 1 amide bonds. The molecular formula is C22H22ClN3O3S. The van der Waals surface area contributed by atoms with Gasteiger partial charge in [-0.1, -0.05) is 41.1 Å². The summed E-state index contributed by atoms with van der Waals surface area (Å²) in [5.74, 6) is 1.28. The van der Waals surface area contributed by atoms with E-state index in [2.05, 4.69) is 4.90 Å². The Morgan fingerprint density at radius 1 is 1.10 bits per heavy atom. The molecule has 2 atom stereocenters. The van der Waals surface area contributed by atoms with E-state index in [4.69, 9.17) is 26.1 Å². The minimum absolute atomic E-state index is 0.0279. The van der Waals surface area contributed by atoms with Crippen LogP contribution in [-0.2, 0) is 4.79 Å². The first-order valence-corrected chi connectivity index (χ1v) is 11.2. The molecular weight excluding hydrogens is 422 g/mol. The number of para-hydroxylation sites is 2. The number of benzene rings is 2. The highest BCUT2D eigenvalue weighted by Gasteiger charge is 2.38. The van der Waals surface area contributed by atoms with Gasteiger partial charge in [0, 0.05) is 26.2 Å². The molecule has 8 heteroatoms. The molecule has 30 heavy (non-hydrogen) atoms. The zero-order chi connectivity index (χ0) is 20.8. The van der Waals surface area contributed by atoms with E-state index in [-0.39, 0.29) is 12.0 Å². The SMILES string of the molecule is Cc1ccc(Cl)c2sc(N3CCN(C(=O)C4Oc5ccccc5OC4C)CC3)nc12. The summed E-state index contributed by atoms with van der Waals surface area (Å²) in [4.78, 5) is 22.0. The van der Waals surface area contributed by atoms with Crippen molar-refractivity contribution in [1.29, 1.82) is 0 Å². The number of ether oxygens (including phenoxy) is 2. The molecule has 2 aromatic carbocycles. The summed E-state index contributed by atoms with van der Waals surface area (Å²) in [6, 6.07) is 11.4. The number of hydrogen-bond acceptors (Lipinski definition) is 6. The second-order valence-electron chi connectivity index (χ2n) is 7.66. The first-order chi connectivity index (χ1) is 14.5. The minimum Gasteiger partial charge on any atom is -0.482 e. The first kappa shape index (κ1) is 19.5. The molecule has 1 aromatic heterocycles. The Hall–Kier alpha value is -2.51. The maximum Gasteiger partial charge on any atom is 0.267 e. The molecule has 0 bridgehead atoms. The molecule has 3 heterocycles. The lowest BCUT2D eigenvalue weighted by Gasteiger charge is -2.38. The van der Waals surface area contributed by atoms with Crippen molar-refractivity contribution in [3.63, 3.8) is 0 Å². The molecule has 0 spiro atoms. The third kappa shape index (κ3) is 3.36.